The van der Waals surface area contributed by atoms with Gasteiger partial charge < -0.3 is 0 Å². The van der Waals surface area contributed by atoms with E-state index in [1.165, 1.54) is 0 Å². The van der Waals surface area contributed by atoms with Gasteiger partial charge in [-0.3, -0.25) is 0 Å². The van der Waals surface area contributed by atoms with Crippen molar-refractivity contribution < 1.29 is 0 Å². The largest absolute Gasteiger partial charge is 0.198 e. The lowest BCUT2D eigenvalue weighted by molar-refractivity contribution is 0.634. The molecule has 0 aliphatic heterocycles. The van der Waals surface area contributed by atoms with Gasteiger partial charge >= 0.3 is 0 Å². The van der Waals surface area contributed by atoms with Crippen LogP contribution in [0.5, 0.6) is 0 Å². The quantitative estimate of drug-likeness (QED) is 0.854. The molecule has 100 valence electrons. The second-order valence-corrected chi connectivity index (χ2v) is 4.79. The first-order chi connectivity index (χ1) is 10.2. The van der Waals surface area contributed by atoms with Gasteiger partial charge in [-0.05, 0) is 30.2 Å². The average molecular weight is 271 g/mol. The molecule has 1 unspecified atom stereocenters. The van der Waals surface area contributed by atoms with Gasteiger partial charge in [-0.2, -0.15) is 15.8 Å². The molecule has 2 aromatic carbocycles. The van der Waals surface area contributed by atoms with Crippen molar-refractivity contribution in [1.82, 2.24) is 0 Å². The van der Waals surface area contributed by atoms with Crippen LogP contribution >= 0.6 is 0 Å². The van der Waals surface area contributed by atoms with Crippen LogP contribution in [0.25, 0.3) is 0 Å². The van der Waals surface area contributed by atoms with E-state index in [0.717, 1.165) is 11.1 Å². The van der Waals surface area contributed by atoms with Gasteiger partial charge in [0.1, 0.15) is 0 Å². The molecule has 2 rings (SSSR count). The van der Waals surface area contributed by atoms with Gasteiger partial charge in [0.2, 0.25) is 0 Å². The van der Waals surface area contributed by atoms with Crippen molar-refractivity contribution in [3.63, 3.8) is 0 Å². The summed E-state index contributed by atoms with van der Waals surface area (Å²) in [5.74, 6) is -0.629. The molecule has 0 saturated heterocycles. The molecule has 0 bridgehead atoms. The summed E-state index contributed by atoms with van der Waals surface area (Å²) in [5, 5.41) is 27.9. The predicted octanol–water partition coefficient (Wildman–Crippen LogP) is 3.72. The van der Waals surface area contributed by atoms with Crippen molar-refractivity contribution in [1.29, 1.82) is 15.8 Å². The summed E-state index contributed by atoms with van der Waals surface area (Å²) in [4.78, 5) is 0. The Morgan fingerprint density at radius 3 is 1.57 bits per heavy atom. The van der Waals surface area contributed by atoms with Gasteiger partial charge in [-0.25, -0.2) is 0 Å². The summed E-state index contributed by atoms with van der Waals surface area (Å²) in [5.41, 5.74) is 2.66. The first-order valence-corrected chi connectivity index (χ1v) is 6.60. The zero-order valence-electron chi connectivity index (χ0n) is 11.6. The Kier molecular flexibility index (Phi) is 4.35. The molecule has 0 radical (unpaired) electrons. The molecular formula is C18H13N3. The lowest BCUT2D eigenvalue weighted by Crippen LogP contribution is -2.13. The van der Waals surface area contributed by atoms with E-state index in [2.05, 4.69) is 18.2 Å². The second kappa shape index (κ2) is 6.38. The molecule has 0 aromatic heterocycles. The van der Waals surface area contributed by atoms with Crippen LogP contribution in [-0.4, -0.2) is 0 Å². The fraction of sp³-hybridized carbons (Fsp3) is 0.167. The Morgan fingerprint density at radius 2 is 1.19 bits per heavy atom. The Bertz CT molecular complexity index is 715. The fourth-order valence-electron chi connectivity index (χ4n) is 2.52. The van der Waals surface area contributed by atoms with E-state index in [9.17, 15) is 15.8 Å². The van der Waals surface area contributed by atoms with Crippen molar-refractivity contribution in [2.45, 2.75) is 12.8 Å². The van der Waals surface area contributed by atoms with E-state index < -0.39 is 0 Å². The number of nitriles is 3. The number of rotatable bonds is 3. The molecule has 0 spiro atoms. The first kappa shape index (κ1) is 14.3. The standard InChI is InChI=1S/C18H13N3/c1-13(10-19)18(16-8-4-2-6-14(16)11-20)17-9-5-3-7-15(17)12-21/h2-9,13,18H,1H3. The molecule has 0 fully saturated rings. The molecule has 21 heavy (non-hydrogen) atoms. The Morgan fingerprint density at radius 1 is 0.762 bits per heavy atom. The molecule has 0 N–H and O–H groups in total. The molecule has 0 saturated carbocycles. The number of benzene rings is 2. The zero-order valence-corrected chi connectivity index (χ0v) is 11.6. The van der Waals surface area contributed by atoms with Gasteiger partial charge in [-0.1, -0.05) is 36.4 Å². The summed E-state index contributed by atoms with van der Waals surface area (Å²) in [6, 6.07) is 21.1. The Labute approximate surface area is 124 Å². The molecule has 3 heteroatoms. The smallest absolute Gasteiger partial charge is 0.0994 e. The topological polar surface area (TPSA) is 71.4 Å². The third-order valence-corrected chi connectivity index (χ3v) is 3.54. The maximum Gasteiger partial charge on any atom is 0.0994 e. The maximum atomic E-state index is 9.34. The highest BCUT2D eigenvalue weighted by Gasteiger charge is 2.25. The molecule has 3 nitrogen and oxygen atoms in total. The van der Waals surface area contributed by atoms with Crippen molar-refractivity contribution in [3.05, 3.63) is 70.8 Å². The molecule has 0 aliphatic carbocycles. The normalized spacial score (nSPS) is 11.2. The van der Waals surface area contributed by atoms with Gasteiger partial charge in [0, 0.05) is 5.92 Å². The summed E-state index contributed by atoms with van der Waals surface area (Å²) in [7, 11) is 0. The Balaban J connectivity index is 2.69. The highest BCUT2D eigenvalue weighted by atomic mass is 14.3. The SMILES string of the molecule is CC(C#N)C(c1ccccc1C#N)c1ccccc1C#N. The van der Waals surface area contributed by atoms with E-state index in [1.807, 2.05) is 31.2 Å². The monoisotopic (exact) mass is 271 g/mol. The third kappa shape index (κ3) is 2.76. The van der Waals surface area contributed by atoms with Crippen LogP contribution in [-0.2, 0) is 0 Å². The highest BCUT2D eigenvalue weighted by Crippen LogP contribution is 2.35. The predicted molar refractivity (Wildman–Crippen MR) is 78.9 cm³/mol. The lowest BCUT2D eigenvalue weighted by Gasteiger charge is -2.22. The van der Waals surface area contributed by atoms with E-state index in [1.54, 1.807) is 24.3 Å². The summed E-state index contributed by atoms with van der Waals surface area (Å²) < 4.78 is 0. The van der Waals surface area contributed by atoms with Crippen LogP contribution in [0.3, 0.4) is 0 Å². The van der Waals surface area contributed by atoms with Crippen molar-refractivity contribution in [2.75, 3.05) is 0 Å². The van der Waals surface area contributed by atoms with Crippen molar-refractivity contribution in [2.24, 2.45) is 5.92 Å². The van der Waals surface area contributed by atoms with Crippen LogP contribution in [0, 0.1) is 39.9 Å². The highest BCUT2D eigenvalue weighted by molar-refractivity contribution is 5.50. The number of hydrogen-bond acceptors (Lipinski definition) is 3. The van der Waals surface area contributed by atoms with Crippen molar-refractivity contribution >= 4 is 0 Å². The second-order valence-electron chi connectivity index (χ2n) is 4.79. The summed E-state index contributed by atoms with van der Waals surface area (Å²) in [6.07, 6.45) is 0. The third-order valence-electron chi connectivity index (χ3n) is 3.54. The molecule has 1 atom stereocenters. The molecule has 2 aromatic rings. The van der Waals surface area contributed by atoms with E-state index in [4.69, 9.17) is 0 Å². The Hall–Kier alpha value is -3.09. The summed E-state index contributed by atoms with van der Waals surface area (Å²) in [6.45, 7) is 1.81. The number of hydrogen-bond donors (Lipinski definition) is 0. The average Bonchev–Trinajstić information content (AvgIpc) is 2.55. The van der Waals surface area contributed by atoms with Crippen LogP contribution in [0.2, 0.25) is 0 Å². The van der Waals surface area contributed by atoms with Gasteiger partial charge in [0.05, 0.1) is 35.3 Å². The van der Waals surface area contributed by atoms with Gasteiger partial charge in [0.15, 0.2) is 0 Å². The van der Waals surface area contributed by atoms with Crippen LogP contribution in [0.4, 0.5) is 0 Å². The van der Waals surface area contributed by atoms with E-state index >= 15 is 0 Å². The lowest BCUT2D eigenvalue weighted by atomic mass is 9.79. The minimum atomic E-state index is -0.339. The van der Waals surface area contributed by atoms with Crippen LogP contribution in [0.1, 0.15) is 35.1 Å². The molecule has 0 aliphatic rings. The van der Waals surface area contributed by atoms with Crippen molar-refractivity contribution in [3.8, 4) is 18.2 Å². The van der Waals surface area contributed by atoms with Gasteiger partial charge in [0.25, 0.3) is 0 Å². The molecule has 0 amide bonds. The zero-order chi connectivity index (χ0) is 15.2. The minimum Gasteiger partial charge on any atom is -0.198 e. The maximum absolute atomic E-state index is 9.34. The fourth-order valence-corrected chi connectivity index (χ4v) is 2.52. The first-order valence-electron chi connectivity index (χ1n) is 6.60. The van der Waals surface area contributed by atoms with Crippen LogP contribution < -0.4 is 0 Å². The molecular weight excluding hydrogens is 258 g/mol. The van der Waals surface area contributed by atoms with Crippen LogP contribution in [0.15, 0.2) is 48.5 Å². The van der Waals surface area contributed by atoms with E-state index in [-0.39, 0.29) is 11.8 Å². The van der Waals surface area contributed by atoms with Gasteiger partial charge in [-0.15, -0.1) is 0 Å². The number of nitrogens with zero attached hydrogens (tertiary/aromatic N) is 3. The summed E-state index contributed by atoms with van der Waals surface area (Å²) >= 11 is 0. The van der Waals surface area contributed by atoms with E-state index in [0.29, 0.717) is 11.1 Å². The molecule has 0 heterocycles. The minimum absolute atomic E-state index is 0.290.